The summed E-state index contributed by atoms with van der Waals surface area (Å²) in [4.78, 5) is 0. The maximum absolute atomic E-state index is 5.15. The van der Waals surface area contributed by atoms with Crippen molar-refractivity contribution in [3.05, 3.63) is 144 Å². The second-order valence-corrected chi connectivity index (χ2v) is 15.7. The van der Waals surface area contributed by atoms with Gasteiger partial charge in [0, 0.05) is 13.0 Å². The molecule has 0 spiro atoms. The molecule has 0 amide bonds. The molecule has 5 rings (SSSR count). The van der Waals surface area contributed by atoms with Crippen LogP contribution in [0.15, 0.2) is 127 Å². The number of hydrogen-bond acceptors (Lipinski definition) is 1. The van der Waals surface area contributed by atoms with Gasteiger partial charge in [0.05, 0.1) is 6.61 Å². The predicted octanol–water partition coefficient (Wildman–Crippen LogP) is 15.6. The minimum absolute atomic E-state index is 0.226. The molecule has 2 aliphatic rings. The molecule has 3 aromatic rings. The van der Waals surface area contributed by atoms with E-state index in [1.54, 1.807) is 7.11 Å². The van der Waals surface area contributed by atoms with Gasteiger partial charge in [0.25, 0.3) is 0 Å². The zero-order chi connectivity index (χ0) is 39.0. The van der Waals surface area contributed by atoms with Crippen LogP contribution in [-0.2, 0) is 4.74 Å². The molecular formula is C51H72O. The number of benzene rings is 3. The molecule has 52 heavy (non-hydrogen) atoms. The lowest BCUT2D eigenvalue weighted by molar-refractivity contribution is 0.224. The van der Waals surface area contributed by atoms with E-state index in [0.29, 0.717) is 30.3 Å². The second-order valence-electron chi connectivity index (χ2n) is 15.7. The molecule has 0 aliphatic heterocycles. The van der Waals surface area contributed by atoms with Crippen molar-refractivity contribution in [2.24, 2.45) is 23.2 Å². The smallest absolute Gasteiger partial charge is 0.0673 e. The van der Waals surface area contributed by atoms with Crippen LogP contribution >= 0.6 is 0 Å². The van der Waals surface area contributed by atoms with Crippen molar-refractivity contribution in [3.8, 4) is 0 Å². The van der Waals surface area contributed by atoms with Crippen LogP contribution in [0.3, 0.4) is 0 Å². The lowest BCUT2D eigenvalue weighted by atomic mass is 9.67. The van der Waals surface area contributed by atoms with Crippen LogP contribution in [0.5, 0.6) is 0 Å². The molecule has 1 saturated carbocycles. The lowest BCUT2D eigenvalue weighted by Gasteiger charge is -2.38. The highest BCUT2D eigenvalue weighted by molar-refractivity contribution is 5.98. The fourth-order valence-electron chi connectivity index (χ4n) is 7.76. The Morgan fingerprint density at radius 2 is 1.46 bits per heavy atom. The van der Waals surface area contributed by atoms with Gasteiger partial charge < -0.3 is 4.74 Å². The molecule has 0 saturated heterocycles. The minimum atomic E-state index is 0.226. The standard InChI is InChI=1S/C27H28.C19H30O.C3H8.C2H6/c1-4-21-17-18-25(27-14-9-8-13-26(21)27)20(3)23-15-10-16-24(19(23)2)22-11-6-5-7-12-22;1-13(12-20-8)9-15(3)18-11-17(19(5,6)7)10-14(2)16(18)4;1-3-2;1-2/h4-9,11-14,17-19,23-24H,1,3,10,15-16H2,2H3;10,18H,1,3,9,11-12H2,2,4-8H3;3H2,1-2H3;1-2H3. The number of allylic oxidation sites excluding steroid dienone is 6. The molecule has 0 heterocycles. The number of ether oxygens (including phenoxy) is 1. The highest BCUT2D eigenvalue weighted by atomic mass is 16.5. The van der Waals surface area contributed by atoms with Crippen LogP contribution in [0.1, 0.15) is 130 Å². The topological polar surface area (TPSA) is 9.23 Å². The third kappa shape index (κ3) is 11.9. The zero-order valence-electron chi connectivity index (χ0n) is 35.0. The maximum atomic E-state index is 5.15. The van der Waals surface area contributed by atoms with E-state index in [-0.39, 0.29) is 5.41 Å². The van der Waals surface area contributed by atoms with Crippen molar-refractivity contribution in [2.45, 2.75) is 114 Å². The van der Waals surface area contributed by atoms with Gasteiger partial charge in [-0.05, 0) is 101 Å². The van der Waals surface area contributed by atoms with E-state index in [9.17, 15) is 0 Å². The van der Waals surface area contributed by atoms with Crippen molar-refractivity contribution in [3.63, 3.8) is 0 Å². The molecule has 1 fully saturated rings. The summed E-state index contributed by atoms with van der Waals surface area (Å²) in [7, 11) is 1.71. The molecule has 4 atom stereocenters. The fourth-order valence-corrected chi connectivity index (χ4v) is 7.76. The van der Waals surface area contributed by atoms with E-state index in [1.807, 2.05) is 19.9 Å². The Kier molecular flexibility index (Phi) is 18.6. The molecule has 0 N–H and O–H groups in total. The van der Waals surface area contributed by atoms with Crippen molar-refractivity contribution >= 4 is 22.4 Å². The van der Waals surface area contributed by atoms with Gasteiger partial charge in [-0.3, -0.25) is 0 Å². The molecule has 1 heteroatoms. The molecule has 0 bridgehead atoms. The Bertz CT molecular complexity index is 1670. The van der Waals surface area contributed by atoms with Gasteiger partial charge in [0.1, 0.15) is 0 Å². The second kappa shape index (κ2) is 21.8. The van der Waals surface area contributed by atoms with Crippen LogP contribution in [-0.4, -0.2) is 13.7 Å². The summed E-state index contributed by atoms with van der Waals surface area (Å²) in [6, 6.07) is 24.1. The third-order valence-corrected chi connectivity index (χ3v) is 10.7. The molecule has 0 aromatic heterocycles. The van der Waals surface area contributed by atoms with Gasteiger partial charge in [-0.2, -0.15) is 0 Å². The summed E-state index contributed by atoms with van der Waals surface area (Å²) in [5.74, 6) is 2.21. The normalized spacial score (nSPS) is 19.8. The Balaban J connectivity index is 0.000000333. The molecule has 0 radical (unpaired) electrons. The van der Waals surface area contributed by atoms with Gasteiger partial charge in [0.2, 0.25) is 0 Å². The Morgan fingerprint density at radius 1 is 0.865 bits per heavy atom. The number of hydrogen-bond donors (Lipinski definition) is 0. The minimum Gasteiger partial charge on any atom is -0.380 e. The van der Waals surface area contributed by atoms with Crippen molar-refractivity contribution in [2.75, 3.05) is 13.7 Å². The fraction of sp³-hybridized carbons (Fsp3) is 0.451. The Hall–Kier alpha value is -3.68. The summed E-state index contributed by atoms with van der Waals surface area (Å²) in [6.07, 6.45) is 11.3. The van der Waals surface area contributed by atoms with Crippen LogP contribution in [0.2, 0.25) is 0 Å². The van der Waals surface area contributed by atoms with Gasteiger partial charge in [-0.1, -0.05) is 196 Å². The van der Waals surface area contributed by atoms with Crippen molar-refractivity contribution in [1.82, 2.24) is 0 Å². The molecular weight excluding hydrogens is 629 g/mol. The average Bonchev–Trinajstić information content (AvgIpc) is 3.13. The van der Waals surface area contributed by atoms with E-state index >= 15 is 0 Å². The van der Waals surface area contributed by atoms with Crippen LogP contribution in [0, 0.1) is 23.2 Å². The molecule has 1 nitrogen and oxygen atoms in total. The van der Waals surface area contributed by atoms with Crippen molar-refractivity contribution in [1.29, 1.82) is 0 Å². The lowest BCUT2D eigenvalue weighted by Crippen LogP contribution is -2.25. The van der Waals surface area contributed by atoms with Crippen LogP contribution in [0.25, 0.3) is 22.4 Å². The summed E-state index contributed by atoms with van der Waals surface area (Å²) in [5.41, 5.74) is 12.2. The molecule has 3 aromatic carbocycles. The maximum Gasteiger partial charge on any atom is 0.0673 e. The largest absolute Gasteiger partial charge is 0.380 e. The van der Waals surface area contributed by atoms with E-state index in [0.717, 1.165) is 18.4 Å². The first-order valence-electron chi connectivity index (χ1n) is 19.9. The van der Waals surface area contributed by atoms with Gasteiger partial charge in [-0.15, -0.1) is 0 Å². The monoisotopic (exact) mass is 701 g/mol. The summed E-state index contributed by atoms with van der Waals surface area (Å²) < 4.78 is 5.15. The number of methoxy groups -OCH3 is 1. The van der Waals surface area contributed by atoms with E-state index in [1.165, 1.54) is 81.0 Å². The summed E-state index contributed by atoms with van der Waals surface area (Å²) in [5, 5.41) is 2.57. The van der Waals surface area contributed by atoms with Gasteiger partial charge >= 0.3 is 0 Å². The summed E-state index contributed by atoms with van der Waals surface area (Å²) in [6.45, 7) is 39.6. The highest BCUT2D eigenvalue weighted by Crippen LogP contribution is 2.47. The molecule has 4 unspecified atom stereocenters. The first-order chi connectivity index (χ1) is 24.8. The van der Waals surface area contributed by atoms with Crippen LogP contribution < -0.4 is 0 Å². The Labute approximate surface area is 320 Å². The highest BCUT2D eigenvalue weighted by Gasteiger charge is 2.33. The SMILES string of the molecule is C=C(COC)CC(=C)C1CC(C(C)(C)C)=CC(C)=C1C.C=Cc1ccc(C(=C)C2CCCC(c3ccccc3)C2C)c2ccccc12.CC.CCC. The summed E-state index contributed by atoms with van der Waals surface area (Å²) >= 11 is 0. The number of rotatable bonds is 9. The molecule has 282 valence electrons. The average molecular weight is 701 g/mol. The first-order valence-corrected chi connectivity index (χ1v) is 19.9. The van der Waals surface area contributed by atoms with E-state index in [2.05, 4.69) is 155 Å². The van der Waals surface area contributed by atoms with E-state index in [4.69, 9.17) is 4.74 Å². The molecule has 2 aliphatic carbocycles. The van der Waals surface area contributed by atoms with Crippen molar-refractivity contribution < 1.29 is 4.74 Å². The van der Waals surface area contributed by atoms with E-state index < -0.39 is 0 Å². The first kappa shape index (κ1) is 44.5. The third-order valence-electron chi connectivity index (χ3n) is 10.7. The van der Waals surface area contributed by atoms with Gasteiger partial charge in [0.15, 0.2) is 0 Å². The Morgan fingerprint density at radius 3 is 2.04 bits per heavy atom. The van der Waals surface area contributed by atoms with Gasteiger partial charge in [-0.25, -0.2) is 0 Å². The zero-order valence-corrected chi connectivity index (χ0v) is 35.0. The quantitative estimate of drug-likeness (QED) is 0.202. The predicted molar refractivity (Wildman–Crippen MR) is 235 cm³/mol. The van der Waals surface area contributed by atoms with Crippen LogP contribution in [0.4, 0.5) is 0 Å². The number of fused-ring (bicyclic) bond motifs is 1.